The van der Waals surface area contributed by atoms with Crippen molar-refractivity contribution in [1.29, 1.82) is 0 Å². The monoisotopic (exact) mass is 694 g/mol. The minimum absolute atomic E-state index is 0.0167. The largest absolute Gasteiger partial charge is 0.466 e. The smallest absolute Gasteiger partial charge is 0.311 e. The fraction of sp³-hybridized carbons (Fsp3) is 0.108. The van der Waals surface area contributed by atoms with E-state index in [2.05, 4.69) is 20.9 Å². The first-order valence-electron chi connectivity index (χ1n) is 15.1. The maximum Gasteiger partial charge on any atom is 0.311 e. The predicted molar refractivity (Wildman–Crippen MR) is 189 cm³/mol. The molecule has 1 aromatic heterocycles. The van der Waals surface area contributed by atoms with E-state index in [0.29, 0.717) is 27.6 Å². The van der Waals surface area contributed by atoms with Crippen molar-refractivity contribution in [3.63, 3.8) is 0 Å². The van der Waals surface area contributed by atoms with Gasteiger partial charge in [0.25, 0.3) is 11.8 Å². The van der Waals surface area contributed by atoms with Gasteiger partial charge in [-0.25, -0.2) is 9.37 Å². The number of amides is 3. The number of hydrogen-bond acceptors (Lipinski definition) is 8. The Morgan fingerprint density at radius 3 is 2.22 bits per heavy atom. The number of thiazole rings is 1. The number of thioether (sulfide) groups is 1. The molecular weight excluding hydrogens is 664 g/mol. The van der Waals surface area contributed by atoms with E-state index in [-0.39, 0.29) is 30.6 Å². The molecule has 12 heteroatoms. The molecule has 49 heavy (non-hydrogen) atoms. The van der Waals surface area contributed by atoms with Crippen LogP contribution in [0.1, 0.15) is 39.4 Å². The fourth-order valence-corrected chi connectivity index (χ4v) is 6.23. The van der Waals surface area contributed by atoms with Gasteiger partial charge >= 0.3 is 5.97 Å². The first kappa shape index (κ1) is 34.7. The summed E-state index contributed by atoms with van der Waals surface area (Å²) < 4.78 is 18.5. The Morgan fingerprint density at radius 1 is 0.878 bits per heavy atom. The number of carbonyl (C=O) groups excluding carboxylic acids is 4. The van der Waals surface area contributed by atoms with Gasteiger partial charge in [-0.2, -0.15) is 0 Å². The summed E-state index contributed by atoms with van der Waals surface area (Å²) in [7, 11) is 0. The van der Waals surface area contributed by atoms with Crippen molar-refractivity contribution in [2.75, 3.05) is 17.2 Å². The summed E-state index contributed by atoms with van der Waals surface area (Å²) in [6.45, 7) is 2.01. The maximum absolute atomic E-state index is 13.5. The van der Waals surface area contributed by atoms with Crippen LogP contribution in [0, 0.1) is 5.82 Å². The van der Waals surface area contributed by atoms with Crippen LogP contribution in [0.3, 0.4) is 0 Å². The summed E-state index contributed by atoms with van der Waals surface area (Å²) >= 11 is 2.54. The van der Waals surface area contributed by atoms with Crippen LogP contribution in [-0.2, 0) is 25.5 Å². The van der Waals surface area contributed by atoms with Gasteiger partial charge in [-0.3, -0.25) is 19.2 Å². The molecule has 3 N–H and O–H groups in total. The highest BCUT2D eigenvalue weighted by Crippen LogP contribution is 2.37. The van der Waals surface area contributed by atoms with Crippen molar-refractivity contribution in [2.24, 2.45) is 0 Å². The third-order valence-corrected chi connectivity index (χ3v) is 8.90. The number of ether oxygens (including phenoxy) is 1. The molecule has 0 bridgehead atoms. The lowest BCUT2D eigenvalue weighted by atomic mass is 10.1. The molecule has 0 fully saturated rings. The van der Waals surface area contributed by atoms with E-state index in [1.54, 1.807) is 66.9 Å². The molecule has 0 saturated heterocycles. The summed E-state index contributed by atoms with van der Waals surface area (Å²) in [6.07, 6.45) is 1.48. The number of benzene rings is 4. The number of nitrogens with zero attached hydrogens (tertiary/aromatic N) is 1. The first-order valence-corrected chi connectivity index (χ1v) is 16.9. The molecule has 4 aromatic carbocycles. The molecule has 9 nitrogen and oxygen atoms in total. The Balaban J connectivity index is 1.29. The number of nitrogens with one attached hydrogen (secondary N) is 3. The molecule has 0 aliphatic heterocycles. The highest BCUT2D eigenvalue weighted by atomic mass is 32.2. The third kappa shape index (κ3) is 10.2. The van der Waals surface area contributed by atoms with Crippen LogP contribution in [0.15, 0.2) is 125 Å². The minimum atomic E-state index is -0.641. The van der Waals surface area contributed by atoms with Gasteiger partial charge in [-0.1, -0.05) is 60.7 Å². The average Bonchev–Trinajstić information content (AvgIpc) is 3.55. The molecule has 0 radical (unpaired) electrons. The van der Waals surface area contributed by atoms with Crippen molar-refractivity contribution in [3.8, 4) is 0 Å². The summed E-state index contributed by atoms with van der Waals surface area (Å²) in [5, 5.41) is 9.76. The van der Waals surface area contributed by atoms with Gasteiger partial charge in [0.05, 0.1) is 18.7 Å². The molecule has 3 amide bonds. The molecule has 0 aliphatic carbocycles. The average molecular weight is 695 g/mol. The topological polar surface area (TPSA) is 126 Å². The SMILES string of the molecule is CCOC(=O)Cc1csc(NC(=O)C(Sc2ccc(NC(=O)/C(=C/c3ccc(F)cc3)NC(=O)c3ccccc3)cc2)c2ccccc2)n1. The number of hydrogen-bond donors (Lipinski definition) is 3. The molecule has 248 valence electrons. The number of rotatable bonds is 13. The highest BCUT2D eigenvalue weighted by Gasteiger charge is 2.24. The number of aromatic nitrogens is 1. The maximum atomic E-state index is 13.5. The zero-order valence-corrected chi connectivity index (χ0v) is 27.9. The second-order valence-corrected chi connectivity index (χ2v) is 12.5. The second kappa shape index (κ2) is 17.0. The molecule has 1 heterocycles. The standard InChI is InChI=1S/C37H31FN4O5S2/c1-2-47-32(43)22-29-23-48-37(40-29)42-36(46)33(25-9-5-3-6-10-25)49-30-19-17-28(18-20-30)39-35(45)31(21-24-13-15-27(38)16-14-24)41-34(44)26-11-7-4-8-12-26/h3-21,23,33H,2,22H2,1H3,(H,39,45)(H,41,44)(H,40,42,46)/b31-21-. The van der Waals surface area contributed by atoms with Crippen molar-refractivity contribution < 1.29 is 28.3 Å². The highest BCUT2D eigenvalue weighted by molar-refractivity contribution is 8.00. The van der Waals surface area contributed by atoms with Gasteiger partial charge in [0.2, 0.25) is 5.91 Å². The fourth-order valence-electron chi connectivity index (χ4n) is 4.50. The van der Waals surface area contributed by atoms with Crippen LogP contribution in [-0.4, -0.2) is 35.3 Å². The lowest BCUT2D eigenvalue weighted by molar-refractivity contribution is -0.142. The van der Waals surface area contributed by atoms with Crippen molar-refractivity contribution >= 4 is 63.7 Å². The Hall–Kier alpha value is -5.59. The van der Waals surface area contributed by atoms with E-state index in [0.717, 1.165) is 10.5 Å². The summed E-state index contributed by atoms with van der Waals surface area (Å²) in [6, 6.07) is 30.2. The zero-order chi connectivity index (χ0) is 34.6. The molecular formula is C37H31FN4O5S2. The van der Waals surface area contributed by atoms with Crippen molar-refractivity contribution in [1.82, 2.24) is 10.3 Å². The Labute approximate surface area is 290 Å². The molecule has 0 spiro atoms. The van der Waals surface area contributed by atoms with Crippen LogP contribution in [0.25, 0.3) is 6.08 Å². The number of esters is 1. The Morgan fingerprint density at radius 2 is 1.55 bits per heavy atom. The zero-order valence-electron chi connectivity index (χ0n) is 26.2. The summed E-state index contributed by atoms with van der Waals surface area (Å²) in [5.74, 6) is -2.17. The number of anilines is 2. The number of halogens is 1. The van der Waals surface area contributed by atoms with Gasteiger partial charge in [0.15, 0.2) is 5.13 Å². The molecule has 0 saturated carbocycles. The quantitative estimate of drug-likeness (QED) is 0.0673. The third-order valence-electron chi connectivity index (χ3n) is 6.83. The van der Waals surface area contributed by atoms with E-state index in [4.69, 9.17) is 4.74 Å². The van der Waals surface area contributed by atoms with E-state index < -0.39 is 22.9 Å². The summed E-state index contributed by atoms with van der Waals surface area (Å²) in [5.41, 5.74) is 2.58. The van der Waals surface area contributed by atoms with Gasteiger partial charge < -0.3 is 20.7 Å². The van der Waals surface area contributed by atoms with E-state index >= 15 is 0 Å². The molecule has 5 rings (SSSR count). The van der Waals surface area contributed by atoms with Crippen LogP contribution in [0.2, 0.25) is 0 Å². The van der Waals surface area contributed by atoms with Crippen molar-refractivity contribution in [2.45, 2.75) is 23.5 Å². The Bertz CT molecular complexity index is 1930. The Kier molecular flexibility index (Phi) is 12.0. The predicted octanol–water partition coefficient (Wildman–Crippen LogP) is 7.27. The summed E-state index contributed by atoms with van der Waals surface area (Å²) in [4.78, 5) is 56.8. The van der Waals surface area contributed by atoms with E-state index in [1.807, 2.05) is 30.3 Å². The van der Waals surface area contributed by atoms with E-state index in [1.165, 1.54) is 53.4 Å². The van der Waals surface area contributed by atoms with Crippen molar-refractivity contribution in [3.05, 3.63) is 148 Å². The van der Waals surface area contributed by atoms with Gasteiger partial charge in [-0.05, 0) is 72.7 Å². The lowest BCUT2D eigenvalue weighted by Gasteiger charge is -2.17. The normalized spacial score (nSPS) is 11.7. The van der Waals surface area contributed by atoms with Crippen LogP contribution < -0.4 is 16.0 Å². The first-order chi connectivity index (χ1) is 23.8. The molecule has 1 unspecified atom stereocenters. The van der Waals surface area contributed by atoms with Crippen LogP contribution in [0.4, 0.5) is 15.2 Å². The van der Waals surface area contributed by atoms with Crippen LogP contribution in [0.5, 0.6) is 0 Å². The lowest BCUT2D eigenvalue weighted by Crippen LogP contribution is -2.30. The molecule has 0 aliphatic rings. The van der Waals surface area contributed by atoms with Crippen LogP contribution >= 0.6 is 23.1 Å². The van der Waals surface area contributed by atoms with Gasteiger partial charge in [-0.15, -0.1) is 23.1 Å². The number of carbonyl (C=O) groups is 4. The molecule has 5 aromatic rings. The minimum Gasteiger partial charge on any atom is -0.466 e. The molecule has 1 atom stereocenters. The second-order valence-electron chi connectivity index (χ2n) is 10.4. The van der Waals surface area contributed by atoms with E-state index in [9.17, 15) is 23.6 Å². The van der Waals surface area contributed by atoms with Gasteiger partial charge in [0.1, 0.15) is 16.8 Å². The van der Waals surface area contributed by atoms with Gasteiger partial charge in [0, 0.05) is 21.5 Å².